The van der Waals surface area contributed by atoms with Crippen LogP contribution in [0.5, 0.6) is 11.6 Å². The van der Waals surface area contributed by atoms with Gasteiger partial charge in [0.1, 0.15) is 11.3 Å². The lowest BCUT2D eigenvalue weighted by Crippen LogP contribution is -2.72. The highest BCUT2D eigenvalue weighted by atomic mass is 16.5. The molecule has 1 spiro atoms. The monoisotopic (exact) mass is 495 g/mol. The van der Waals surface area contributed by atoms with E-state index in [0.29, 0.717) is 51.1 Å². The normalized spacial score (nSPS) is 16.2. The van der Waals surface area contributed by atoms with E-state index in [1.165, 1.54) is 6.20 Å². The van der Waals surface area contributed by atoms with Crippen LogP contribution in [0.4, 0.5) is 17.3 Å². The van der Waals surface area contributed by atoms with Crippen LogP contribution in [0.15, 0.2) is 43.0 Å². The molecular formula is C26H25N9O2. The smallest absolute Gasteiger partial charge is 0.269 e. The van der Waals surface area contributed by atoms with E-state index >= 15 is 0 Å². The Labute approximate surface area is 213 Å². The van der Waals surface area contributed by atoms with E-state index in [1.807, 2.05) is 18.9 Å². The fourth-order valence-electron chi connectivity index (χ4n) is 5.15. The molecular weight excluding hydrogens is 470 g/mol. The lowest BCUT2D eigenvalue weighted by atomic mass is 9.73. The highest BCUT2D eigenvalue weighted by molar-refractivity contribution is 5.95. The van der Waals surface area contributed by atoms with Crippen molar-refractivity contribution in [3.8, 4) is 11.6 Å². The van der Waals surface area contributed by atoms with E-state index in [-0.39, 0.29) is 5.91 Å². The maximum atomic E-state index is 12.9. The summed E-state index contributed by atoms with van der Waals surface area (Å²) in [6, 6.07) is 6.99. The Kier molecular flexibility index (Phi) is 5.27. The summed E-state index contributed by atoms with van der Waals surface area (Å²) in [5, 5.41) is 3.29. The van der Waals surface area contributed by atoms with Crippen molar-refractivity contribution >= 4 is 34.4 Å². The first kappa shape index (κ1) is 22.9. The number of hydrogen-bond donors (Lipinski definition) is 1. The molecule has 0 aromatic carbocycles. The molecule has 4 aromatic rings. The van der Waals surface area contributed by atoms with E-state index in [4.69, 9.17) is 11.3 Å². The SMILES string of the molecule is [C-]#[N+]c1cc(C)c(Oc2cc(Nc3ccc(C(=O)N4CC5(CN(C)C5)C4)cn3)c3ncn(C)c3n2)cn1. The summed E-state index contributed by atoms with van der Waals surface area (Å²) in [4.78, 5) is 38.0. The average Bonchev–Trinajstić information content (AvgIpc) is 3.22. The number of pyridine rings is 3. The summed E-state index contributed by atoms with van der Waals surface area (Å²) < 4.78 is 7.82. The number of amides is 1. The van der Waals surface area contributed by atoms with Gasteiger partial charge in [-0.15, -0.1) is 4.98 Å². The fourth-order valence-corrected chi connectivity index (χ4v) is 5.15. The van der Waals surface area contributed by atoms with Crippen LogP contribution in [0.1, 0.15) is 15.9 Å². The second kappa shape index (κ2) is 8.53. The van der Waals surface area contributed by atoms with Crippen LogP contribution in [0, 0.1) is 18.9 Å². The number of carbonyl (C=O) groups excluding carboxylic acids is 1. The van der Waals surface area contributed by atoms with Gasteiger partial charge in [-0.1, -0.05) is 6.57 Å². The van der Waals surface area contributed by atoms with Gasteiger partial charge in [-0.05, 0) is 37.7 Å². The van der Waals surface area contributed by atoms with Crippen molar-refractivity contribution in [1.82, 2.24) is 34.3 Å². The molecule has 11 heteroatoms. The van der Waals surface area contributed by atoms with Gasteiger partial charge < -0.3 is 29.3 Å². The molecule has 0 aliphatic carbocycles. The van der Waals surface area contributed by atoms with E-state index in [2.05, 4.69) is 42.0 Å². The molecule has 1 N–H and O–H groups in total. The molecule has 2 aliphatic rings. The van der Waals surface area contributed by atoms with Gasteiger partial charge in [-0.3, -0.25) is 4.79 Å². The second-order valence-corrected chi connectivity index (χ2v) is 9.95. The van der Waals surface area contributed by atoms with Gasteiger partial charge in [-0.2, -0.15) is 4.98 Å². The molecule has 186 valence electrons. The predicted molar refractivity (Wildman–Crippen MR) is 137 cm³/mol. The molecule has 2 saturated heterocycles. The van der Waals surface area contributed by atoms with Crippen LogP contribution in [-0.2, 0) is 7.05 Å². The minimum absolute atomic E-state index is 0.0131. The van der Waals surface area contributed by atoms with E-state index < -0.39 is 0 Å². The Hall–Kier alpha value is -4.56. The minimum Gasteiger partial charge on any atom is -0.435 e. The molecule has 0 radical (unpaired) electrons. The van der Waals surface area contributed by atoms with Crippen LogP contribution < -0.4 is 10.1 Å². The van der Waals surface area contributed by atoms with Crippen molar-refractivity contribution in [3.05, 3.63) is 65.5 Å². The molecule has 0 bridgehead atoms. The molecule has 1 amide bonds. The van der Waals surface area contributed by atoms with Gasteiger partial charge in [0.15, 0.2) is 17.6 Å². The largest absolute Gasteiger partial charge is 0.435 e. The maximum Gasteiger partial charge on any atom is 0.269 e. The van der Waals surface area contributed by atoms with Crippen LogP contribution in [0.2, 0.25) is 0 Å². The van der Waals surface area contributed by atoms with Gasteiger partial charge >= 0.3 is 0 Å². The molecule has 0 unspecified atom stereocenters. The molecule has 0 saturated carbocycles. The van der Waals surface area contributed by atoms with Crippen LogP contribution in [0.25, 0.3) is 16.0 Å². The topological polar surface area (TPSA) is 106 Å². The molecule has 11 nitrogen and oxygen atoms in total. The van der Waals surface area contributed by atoms with Gasteiger partial charge in [0.25, 0.3) is 11.7 Å². The lowest BCUT2D eigenvalue weighted by molar-refractivity contribution is -0.0872. The number of carbonyl (C=O) groups is 1. The number of likely N-dealkylation sites (tertiary alicyclic amines) is 2. The summed E-state index contributed by atoms with van der Waals surface area (Å²) in [5.41, 5.74) is 3.59. The highest BCUT2D eigenvalue weighted by Crippen LogP contribution is 2.39. The summed E-state index contributed by atoms with van der Waals surface area (Å²) in [6.07, 6.45) is 4.80. The number of hydrogen-bond acceptors (Lipinski definition) is 8. The third kappa shape index (κ3) is 4.11. The summed E-state index contributed by atoms with van der Waals surface area (Å²) in [6.45, 7) is 12.7. The number of aryl methyl sites for hydroxylation is 2. The number of fused-ring (bicyclic) bond motifs is 1. The summed E-state index contributed by atoms with van der Waals surface area (Å²) in [7, 11) is 3.96. The summed E-state index contributed by atoms with van der Waals surface area (Å²) in [5.74, 6) is 1.74. The molecule has 4 aromatic heterocycles. The number of anilines is 2. The zero-order valence-electron chi connectivity index (χ0n) is 20.8. The quantitative estimate of drug-likeness (QED) is 0.419. The molecule has 2 fully saturated rings. The van der Waals surface area contributed by atoms with Gasteiger partial charge in [0.2, 0.25) is 5.88 Å². The number of rotatable bonds is 5. The van der Waals surface area contributed by atoms with E-state index in [1.54, 1.807) is 41.4 Å². The Morgan fingerprint density at radius 2 is 1.92 bits per heavy atom. The number of aromatic nitrogens is 5. The van der Waals surface area contributed by atoms with Crippen LogP contribution in [-0.4, -0.2) is 73.4 Å². The number of nitrogens with zero attached hydrogens (tertiary/aromatic N) is 8. The lowest BCUT2D eigenvalue weighted by Gasteiger charge is -2.59. The van der Waals surface area contributed by atoms with Crippen LogP contribution in [0.3, 0.4) is 0 Å². The van der Waals surface area contributed by atoms with Crippen molar-refractivity contribution in [2.24, 2.45) is 12.5 Å². The minimum atomic E-state index is 0.0131. The first-order chi connectivity index (χ1) is 17.8. The molecule has 6 rings (SSSR count). The Balaban J connectivity index is 1.21. The first-order valence-electron chi connectivity index (χ1n) is 11.9. The molecule has 6 heterocycles. The fraction of sp³-hybridized carbons (Fsp3) is 0.308. The number of ether oxygens (including phenoxy) is 1. The predicted octanol–water partition coefficient (Wildman–Crippen LogP) is 3.54. The zero-order valence-corrected chi connectivity index (χ0v) is 20.8. The van der Waals surface area contributed by atoms with Gasteiger partial charge in [0.05, 0.1) is 17.6 Å². The van der Waals surface area contributed by atoms with Crippen molar-refractivity contribution in [2.45, 2.75) is 6.92 Å². The Bertz CT molecular complexity index is 1560. The van der Waals surface area contributed by atoms with Crippen molar-refractivity contribution in [1.29, 1.82) is 0 Å². The first-order valence-corrected chi connectivity index (χ1v) is 11.9. The standard InChI is InChI=1S/C26H25N9O2/c1-16-7-21(27-2)29-10-19(16)37-22-8-18(23-24(32-22)34(4)15-30-23)31-20-6-5-17(9-28-20)25(36)35-13-26(14-35)11-33(3)12-26/h5-10,15H,11-14H2,1,3-4H3,(H,28,31,32). The number of nitrogens with one attached hydrogen (secondary N) is 1. The second-order valence-electron chi connectivity index (χ2n) is 9.95. The zero-order chi connectivity index (χ0) is 25.7. The highest BCUT2D eigenvalue weighted by Gasteiger charge is 2.51. The molecule has 37 heavy (non-hydrogen) atoms. The average molecular weight is 496 g/mol. The Morgan fingerprint density at radius 3 is 2.59 bits per heavy atom. The third-order valence-corrected chi connectivity index (χ3v) is 6.85. The Morgan fingerprint density at radius 1 is 1.11 bits per heavy atom. The van der Waals surface area contributed by atoms with E-state index in [9.17, 15) is 4.79 Å². The van der Waals surface area contributed by atoms with Gasteiger partial charge in [-0.25, -0.2) is 9.97 Å². The molecule has 2 aliphatic heterocycles. The molecule has 0 atom stereocenters. The maximum absolute atomic E-state index is 12.9. The summed E-state index contributed by atoms with van der Waals surface area (Å²) >= 11 is 0. The van der Waals surface area contributed by atoms with Gasteiger partial charge in [0, 0.05) is 50.9 Å². The number of imidazole rings is 1. The van der Waals surface area contributed by atoms with Crippen molar-refractivity contribution in [3.63, 3.8) is 0 Å². The van der Waals surface area contributed by atoms with E-state index in [0.717, 1.165) is 31.7 Å². The van der Waals surface area contributed by atoms with Crippen molar-refractivity contribution < 1.29 is 9.53 Å². The third-order valence-electron chi connectivity index (χ3n) is 6.85. The van der Waals surface area contributed by atoms with Crippen LogP contribution >= 0.6 is 0 Å². The van der Waals surface area contributed by atoms with Crippen molar-refractivity contribution in [2.75, 3.05) is 38.5 Å².